The third-order valence-electron chi connectivity index (χ3n) is 2.46. The first-order valence-electron chi connectivity index (χ1n) is 4.96. The Hall–Kier alpha value is 0.330. The second-order valence-corrected chi connectivity index (χ2v) is 5.85. The first-order chi connectivity index (χ1) is 6.45. The number of hydrogen-bond acceptors (Lipinski definition) is 4. The van der Waals surface area contributed by atoms with Crippen LogP contribution in [0.2, 0.25) is 0 Å². The van der Waals surface area contributed by atoms with Gasteiger partial charge in [0, 0.05) is 11.5 Å². The van der Waals surface area contributed by atoms with Crippen molar-refractivity contribution in [3.05, 3.63) is 0 Å². The maximum Gasteiger partial charge on any atom is 0.124 e. The first kappa shape index (κ1) is 9.87. The molecule has 0 aliphatic carbocycles. The average Bonchev–Trinajstić information content (AvgIpc) is 2.69. The third kappa shape index (κ3) is 3.18. The van der Waals surface area contributed by atoms with E-state index in [2.05, 4.69) is 10.3 Å². The number of nitrogens with zero attached hydrogens (tertiary/aromatic N) is 1. The van der Waals surface area contributed by atoms with Gasteiger partial charge in [-0.15, -0.1) is 0 Å². The monoisotopic (exact) mass is 216 g/mol. The number of piperidine rings is 1. The molecule has 0 spiro atoms. The van der Waals surface area contributed by atoms with Gasteiger partial charge < -0.3 is 5.32 Å². The van der Waals surface area contributed by atoms with Gasteiger partial charge >= 0.3 is 0 Å². The second-order valence-electron chi connectivity index (χ2n) is 3.50. The molecule has 2 nitrogen and oxygen atoms in total. The molecule has 0 saturated carbocycles. The number of hydrogen-bond donors (Lipinski definition) is 1. The fraction of sp³-hybridized carbons (Fsp3) is 0.889. The highest BCUT2D eigenvalue weighted by Crippen LogP contribution is 2.26. The molecule has 0 amide bonds. The zero-order valence-corrected chi connectivity index (χ0v) is 9.42. The van der Waals surface area contributed by atoms with Gasteiger partial charge in [-0.05, 0) is 31.8 Å². The van der Waals surface area contributed by atoms with Crippen molar-refractivity contribution in [3.63, 3.8) is 0 Å². The van der Waals surface area contributed by atoms with Gasteiger partial charge in [0.15, 0.2) is 0 Å². The van der Waals surface area contributed by atoms with Gasteiger partial charge in [-0.2, -0.15) is 0 Å². The van der Waals surface area contributed by atoms with Gasteiger partial charge in [-0.25, -0.2) is 0 Å². The number of aliphatic imine (C=N–C) groups is 1. The Morgan fingerprint density at radius 1 is 1.46 bits per heavy atom. The molecule has 0 unspecified atom stereocenters. The highest BCUT2D eigenvalue weighted by molar-refractivity contribution is 8.39. The van der Waals surface area contributed by atoms with Crippen molar-refractivity contribution in [1.82, 2.24) is 5.32 Å². The van der Waals surface area contributed by atoms with Crippen molar-refractivity contribution in [1.29, 1.82) is 0 Å². The van der Waals surface area contributed by atoms with E-state index in [9.17, 15) is 0 Å². The van der Waals surface area contributed by atoms with Gasteiger partial charge in [0.2, 0.25) is 0 Å². The predicted octanol–water partition coefficient (Wildman–Crippen LogP) is 1.82. The normalized spacial score (nSPS) is 24.8. The highest BCUT2D eigenvalue weighted by Gasteiger charge is 2.15. The van der Waals surface area contributed by atoms with E-state index in [1.807, 2.05) is 23.5 Å². The van der Waals surface area contributed by atoms with E-state index in [0.717, 1.165) is 12.5 Å². The molecule has 0 atom stereocenters. The Morgan fingerprint density at radius 3 is 3.00 bits per heavy atom. The molecule has 0 bridgehead atoms. The Labute approximate surface area is 88.3 Å². The van der Waals surface area contributed by atoms with Crippen molar-refractivity contribution in [3.8, 4) is 0 Å². The van der Waals surface area contributed by atoms with Crippen molar-refractivity contribution in [2.45, 2.75) is 12.8 Å². The van der Waals surface area contributed by atoms with Crippen LogP contribution >= 0.6 is 23.5 Å². The van der Waals surface area contributed by atoms with Crippen LogP contribution in [0.5, 0.6) is 0 Å². The lowest BCUT2D eigenvalue weighted by atomic mass is 10.0. The lowest BCUT2D eigenvalue weighted by Gasteiger charge is -2.21. The van der Waals surface area contributed by atoms with Crippen LogP contribution < -0.4 is 5.32 Å². The number of rotatable bonds is 2. The molecule has 0 radical (unpaired) electrons. The summed E-state index contributed by atoms with van der Waals surface area (Å²) in [6.07, 6.45) is 2.70. The number of thioether (sulfide) groups is 2. The van der Waals surface area contributed by atoms with E-state index in [1.165, 1.54) is 41.8 Å². The predicted molar refractivity (Wildman–Crippen MR) is 62.8 cm³/mol. The minimum absolute atomic E-state index is 0.926. The topological polar surface area (TPSA) is 24.4 Å². The van der Waals surface area contributed by atoms with E-state index >= 15 is 0 Å². The zero-order chi connectivity index (χ0) is 8.93. The van der Waals surface area contributed by atoms with E-state index < -0.39 is 0 Å². The highest BCUT2D eigenvalue weighted by atomic mass is 32.2. The zero-order valence-electron chi connectivity index (χ0n) is 7.79. The molecule has 2 aliphatic rings. The van der Waals surface area contributed by atoms with Crippen LogP contribution in [0, 0.1) is 5.92 Å². The molecule has 1 saturated heterocycles. The van der Waals surface area contributed by atoms with Gasteiger partial charge in [0.25, 0.3) is 0 Å². The van der Waals surface area contributed by atoms with Crippen molar-refractivity contribution < 1.29 is 0 Å². The van der Waals surface area contributed by atoms with E-state index in [-0.39, 0.29) is 0 Å². The van der Waals surface area contributed by atoms with Crippen LogP contribution in [0.1, 0.15) is 12.8 Å². The lowest BCUT2D eigenvalue weighted by Crippen LogP contribution is -2.28. The molecule has 2 rings (SSSR count). The van der Waals surface area contributed by atoms with Crippen molar-refractivity contribution >= 4 is 27.9 Å². The Balaban J connectivity index is 1.66. The summed E-state index contributed by atoms with van der Waals surface area (Å²) in [4.78, 5) is 4.45. The summed E-state index contributed by atoms with van der Waals surface area (Å²) in [5.74, 6) is 3.41. The average molecular weight is 216 g/mol. The van der Waals surface area contributed by atoms with E-state index in [1.54, 1.807) is 0 Å². The summed E-state index contributed by atoms with van der Waals surface area (Å²) in [6, 6.07) is 0. The number of nitrogens with one attached hydrogen (secondary N) is 1. The standard InChI is InChI=1S/C9H16N2S2/c1-3-10-4-2-8(1)7-13-9-11-5-6-12-9/h8,10H,1-7H2. The summed E-state index contributed by atoms with van der Waals surface area (Å²) in [6.45, 7) is 3.47. The SMILES string of the molecule is C1CSC(SCC2CCNCC2)=N1. The van der Waals surface area contributed by atoms with Crippen LogP contribution in [0.25, 0.3) is 0 Å². The maximum absolute atomic E-state index is 4.45. The Kier molecular flexibility index (Phi) is 4.00. The molecule has 0 aromatic heterocycles. The summed E-state index contributed by atoms with van der Waals surface area (Å²) >= 11 is 3.90. The molecule has 2 aliphatic heterocycles. The lowest BCUT2D eigenvalue weighted by molar-refractivity contribution is 0.408. The summed E-state index contributed by atoms with van der Waals surface area (Å²) in [5, 5.41) is 3.40. The third-order valence-corrected chi connectivity index (χ3v) is 4.94. The van der Waals surface area contributed by atoms with Crippen LogP contribution in [-0.2, 0) is 0 Å². The Bertz CT molecular complexity index is 188. The minimum atomic E-state index is 0.926. The van der Waals surface area contributed by atoms with Crippen molar-refractivity contribution in [2.75, 3.05) is 31.1 Å². The summed E-state index contributed by atoms with van der Waals surface area (Å²) < 4.78 is 1.33. The fourth-order valence-corrected chi connectivity index (χ4v) is 3.86. The smallest absolute Gasteiger partial charge is 0.124 e. The molecule has 0 aromatic carbocycles. The Morgan fingerprint density at radius 2 is 2.31 bits per heavy atom. The largest absolute Gasteiger partial charge is 0.317 e. The molecule has 4 heteroatoms. The maximum atomic E-state index is 4.45. The molecule has 0 aromatic rings. The fourth-order valence-electron chi connectivity index (χ4n) is 1.64. The molecule has 74 valence electrons. The molecule has 13 heavy (non-hydrogen) atoms. The molecular formula is C9H16N2S2. The van der Waals surface area contributed by atoms with Gasteiger partial charge in [-0.1, -0.05) is 23.5 Å². The van der Waals surface area contributed by atoms with Crippen LogP contribution in [-0.4, -0.2) is 35.5 Å². The van der Waals surface area contributed by atoms with E-state index in [0.29, 0.717) is 0 Å². The van der Waals surface area contributed by atoms with Gasteiger partial charge in [0.05, 0.1) is 6.54 Å². The molecule has 1 fully saturated rings. The van der Waals surface area contributed by atoms with Crippen LogP contribution in [0.3, 0.4) is 0 Å². The first-order valence-corrected chi connectivity index (χ1v) is 6.93. The summed E-state index contributed by atoms with van der Waals surface area (Å²) in [5.41, 5.74) is 0. The molecule has 2 heterocycles. The second kappa shape index (κ2) is 5.27. The van der Waals surface area contributed by atoms with E-state index in [4.69, 9.17) is 0 Å². The molecular weight excluding hydrogens is 200 g/mol. The minimum Gasteiger partial charge on any atom is -0.317 e. The van der Waals surface area contributed by atoms with Gasteiger partial charge in [0.1, 0.15) is 4.38 Å². The van der Waals surface area contributed by atoms with Crippen molar-refractivity contribution in [2.24, 2.45) is 10.9 Å². The van der Waals surface area contributed by atoms with Crippen LogP contribution in [0.4, 0.5) is 0 Å². The quantitative estimate of drug-likeness (QED) is 0.762. The van der Waals surface area contributed by atoms with Gasteiger partial charge in [-0.3, -0.25) is 4.99 Å². The molecule has 1 N–H and O–H groups in total. The van der Waals surface area contributed by atoms with Crippen LogP contribution in [0.15, 0.2) is 4.99 Å². The summed E-state index contributed by atoms with van der Waals surface area (Å²) in [7, 11) is 0.